The highest BCUT2D eigenvalue weighted by Crippen LogP contribution is 2.15. The molecule has 72 valence electrons. The molecule has 0 spiro atoms. The summed E-state index contributed by atoms with van der Waals surface area (Å²) in [7, 11) is 0. The predicted octanol–water partition coefficient (Wildman–Crippen LogP) is 2.48. The summed E-state index contributed by atoms with van der Waals surface area (Å²) >= 11 is 0. The smallest absolute Gasteiger partial charge is 0.173 e. The van der Waals surface area contributed by atoms with E-state index in [2.05, 4.69) is 4.98 Å². The van der Waals surface area contributed by atoms with E-state index in [0.717, 1.165) is 5.75 Å². The topological polar surface area (TPSA) is 27.1 Å². The number of para-hydroxylation sites is 1. The second kappa shape index (κ2) is 3.96. The first-order valence-corrected chi connectivity index (χ1v) is 4.55. The van der Waals surface area contributed by atoms with Gasteiger partial charge in [-0.2, -0.15) is 0 Å². The third kappa shape index (κ3) is 1.93. The molecule has 3 nitrogen and oxygen atoms in total. The molecule has 14 heavy (non-hydrogen) atoms. The van der Waals surface area contributed by atoms with Crippen LogP contribution in [0, 0.1) is 0 Å². The minimum absolute atomic E-state index is 0.0279. The van der Waals surface area contributed by atoms with Crippen LogP contribution in [0.2, 0.25) is 0 Å². The fourth-order valence-corrected chi connectivity index (χ4v) is 1.24. The Morgan fingerprint density at radius 2 is 2.07 bits per heavy atom. The Morgan fingerprint density at radius 3 is 2.71 bits per heavy atom. The van der Waals surface area contributed by atoms with E-state index in [4.69, 9.17) is 4.74 Å². The Hall–Kier alpha value is -1.77. The number of rotatable bonds is 3. The van der Waals surface area contributed by atoms with Gasteiger partial charge in [0, 0.05) is 12.4 Å². The van der Waals surface area contributed by atoms with Crippen molar-refractivity contribution in [3.63, 3.8) is 0 Å². The second-order valence-corrected chi connectivity index (χ2v) is 3.04. The largest absolute Gasteiger partial charge is 0.470 e. The minimum Gasteiger partial charge on any atom is -0.470 e. The van der Waals surface area contributed by atoms with Crippen molar-refractivity contribution < 1.29 is 4.74 Å². The van der Waals surface area contributed by atoms with Gasteiger partial charge in [-0.15, -0.1) is 0 Å². The summed E-state index contributed by atoms with van der Waals surface area (Å²) in [4.78, 5) is 3.97. The van der Waals surface area contributed by atoms with Gasteiger partial charge in [0.1, 0.15) is 5.75 Å². The van der Waals surface area contributed by atoms with Crippen LogP contribution in [0.15, 0.2) is 49.1 Å². The van der Waals surface area contributed by atoms with Gasteiger partial charge < -0.3 is 9.30 Å². The molecule has 0 aliphatic rings. The predicted molar refractivity (Wildman–Crippen MR) is 54.0 cm³/mol. The van der Waals surface area contributed by atoms with Crippen LogP contribution in [0.25, 0.3) is 0 Å². The fourth-order valence-electron chi connectivity index (χ4n) is 1.24. The molecule has 0 aliphatic heterocycles. The maximum Gasteiger partial charge on any atom is 0.173 e. The zero-order valence-corrected chi connectivity index (χ0v) is 8.00. The molecule has 1 aromatic heterocycles. The molecule has 2 rings (SSSR count). The lowest BCUT2D eigenvalue weighted by Gasteiger charge is -2.15. The van der Waals surface area contributed by atoms with Crippen molar-refractivity contribution >= 4 is 0 Å². The highest BCUT2D eigenvalue weighted by molar-refractivity contribution is 5.21. The molecule has 0 fully saturated rings. The molecule has 2 aromatic rings. The average molecular weight is 188 g/mol. The van der Waals surface area contributed by atoms with Gasteiger partial charge in [0.05, 0.1) is 6.33 Å². The molecule has 3 heteroatoms. The van der Waals surface area contributed by atoms with Crippen LogP contribution in [0.1, 0.15) is 13.2 Å². The molecule has 0 saturated heterocycles. The van der Waals surface area contributed by atoms with Crippen LogP contribution in [-0.4, -0.2) is 9.55 Å². The number of hydrogen-bond acceptors (Lipinski definition) is 2. The first-order chi connectivity index (χ1) is 6.86. The highest BCUT2D eigenvalue weighted by atomic mass is 16.5. The van der Waals surface area contributed by atoms with Crippen molar-refractivity contribution in [2.45, 2.75) is 13.2 Å². The van der Waals surface area contributed by atoms with E-state index < -0.39 is 0 Å². The number of ether oxygens (including phenoxy) is 1. The lowest BCUT2D eigenvalue weighted by atomic mass is 10.3. The molecule has 0 amide bonds. The summed E-state index contributed by atoms with van der Waals surface area (Å²) in [5.74, 6) is 0.869. The molecule has 1 unspecified atom stereocenters. The number of nitrogens with zero attached hydrogens (tertiary/aromatic N) is 2. The molecule has 0 aliphatic carbocycles. The van der Waals surface area contributed by atoms with E-state index in [-0.39, 0.29) is 6.23 Å². The molecular formula is C11H12N2O. The molecule has 1 aromatic carbocycles. The number of benzene rings is 1. The zero-order chi connectivity index (χ0) is 9.80. The molecule has 0 N–H and O–H groups in total. The van der Waals surface area contributed by atoms with Crippen molar-refractivity contribution in [3.8, 4) is 5.75 Å². The maximum atomic E-state index is 5.68. The molecule has 0 radical (unpaired) electrons. The van der Waals surface area contributed by atoms with Crippen molar-refractivity contribution in [1.82, 2.24) is 9.55 Å². The van der Waals surface area contributed by atoms with Crippen molar-refractivity contribution in [3.05, 3.63) is 49.1 Å². The molecule has 1 atom stereocenters. The lowest BCUT2D eigenvalue weighted by molar-refractivity contribution is 0.152. The third-order valence-electron chi connectivity index (χ3n) is 1.99. The monoisotopic (exact) mass is 188 g/mol. The maximum absolute atomic E-state index is 5.68. The van der Waals surface area contributed by atoms with Crippen molar-refractivity contribution in [2.24, 2.45) is 0 Å². The molecular weight excluding hydrogens is 176 g/mol. The van der Waals surface area contributed by atoms with Crippen LogP contribution in [0.3, 0.4) is 0 Å². The van der Waals surface area contributed by atoms with Gasteiger partial charge >= 0.3 is 0 Å². The average Bonchev–Trinajstić information content (AvgIpc) is 2.72. The van der Waals surface area contributed by atoms with Crippen LogP contribution >= 0.6 is 0 Å². The number of hydrogen-bond donors (Lipinski definition) is 0. The van der Waals surface area contributed by atoms with Crippen LogP contribution < -0.4 is 4.74 Å². The third-order valence-corrected chi connectivity index (χ3v) is 1.99. The van der Waals surface area contributed by atoms with E-state index in [1.165, 1.54) is 0 Å². The Balaban J connectivity index is 2.06. The van der Waals surface area contributed by atoms with E-state index in [1.807, 2.05) is 48.0 Å². The van der Waals surface area contributed by atoms with Gasteiger partial charge in [-0.25, -0.2) is 4.98 Å². The highest BCUT2D eigenvalue weighted by Gasteiger charge is 2.03. The van der Waals surface area contributed by atoms with Crippen LogP contribution in [0.5, 0.6) is 5.75 Å². The van der Waals surface area contributed by atoms with Gasteiger partial charge in [0.2, 0.25) is 0 Å². The Kier molecular flexibility index (Phi) is 2.49. The normalized spacial score (nSPS) is 12.4. The summed E-state index contributed by atoms with van der Waals surface area (Å²) in [6, 6.07) is 9.75. The summed E-state index contributed by atoms with van der Waals surface area (Å²) < 4.78 is 7.59. The molecule has 1 heterocycles. The standard InChI is InChI=1S/C11H12N2O/c1-10(13-8-7-12-9-13)14-11-5-3-2-4-6-11/h2-10H,1H3. The van der Waals surface area contributed by atoms with Crippen LogP contribution in [0.4, 0.5) is 0 Å². The molecule has 0 bridgehead atoms. The first-order valence-electron chi connectivity index (χ1n) is 4.55. The van der Waals surface area contributed by atoms with Gasteiger partial charge in [0.15, 0.2) is 6.23 Å². The second-order valence-electron chi connectivity index (χ2n) is 3.04. The van der Waals surface area contributed by atoms with Crippen molar-refractivity contribution in [1.29, 1.82) is 0 Å². The SMILES string of the molecule is CC(Oc1ccccc1)n1ccnc1. The van der Waals surface area contributed by atoms with Gasteiger partial charge in [-0.1, -0.05) is 18.2 Å². The first kappa shape index (κ1) is 8.81. The summed E-state index contributed by atoms with van der Waals surface area (Å²) in [5, 5.41) is 0. The Morgan fingerprint density at radius 1 is 1.29 bits per heavy atom. The van der Waals surface area contributed by atoms with E-state index in [9.17, 15) is 0 Å². The quantitative estimate of drug-likeness (QED) is 0.739. The van der Waals surface area contributed by atoms with E-state index in [1.54, 1.807) is 12.5 Å². The number of imidazole rings is 1. The van der Waals surface area contributed by atoms with Crippen molar-refractivity contribution in [2.75, 3.05) is 0 Å². The minimum atomic E-state index is -0.0279. The lowest BCUT2D eigenvalue weighted by Crippen LogP contribution is -2.09. The Bertz CT molecular complexity index is 369. The van der Waals surface area contributed by atoms with E-state index in [0.29, 0.717) is 0 Å². The van der Waals surface area contributed by atoms with Crippen LogP contribution in [-0.2, 0) is 0 Å². The fraction of sp³-hybridized carbons (Fsp3) is 0.182. The van der Waals surface area contributed by atoms with Gasteiger partial charge in [0.25, 0.3) is 0 Å². The summed E-state index contributed by atoms with van der Waals surface area (Å²) in [6.45, 7) is 1.98. The number of aromatic nitrogens is 2. The summed E-state index contributed by atoms with van der Waals surface area (Å²) in [5.41, 5.74) is 0. The summed E-state index contributed by atoms with van der Waals surface area (Å²) in [6.07, 6.45) is 5.34. The van der Waals surface area contributed by atoms with E-state index >= 15 is 0 Å². The Labute approximate surface area is 83.0 Å². The zero-order valence-electron chi connectivity index (χ0n) is 8.00. The molecule has 0 saturated carbocycles. The van der Waals surface area contributed by atoms with Gasteiger partial charge in [-0.05, 0) is 19.1 Å². The van der Waals surface area contributed by atoms with Gasteiger partial charge in [-0.3, -0.25) is 0 Å².